The molecule has 1 fully saturated rings. The van der Waals surface area contributed by atoms with Crippen molar-refractivity contribution >= 4 is 23.0 Å². The fraction of sp³-hybridized carbons (Fsp3) is 0.273. The molecular weight excluding hydrogens is 336 g/mol. The van der Waals surface area contributed by atoms with Crippen LogP contribution < -0.4 is 0 Å². The van der Waals surface area contributed by atoms with Gasteiger partial charge >= 0.3 is 0 Å². The van der Waals surface area contributed by atoms with Gasteiger partial charge in [-0.1, -0.05) is 42.5 Å². The van der Waals surface area contributed by atoms with Gasteiger partial charge in [0.15, 0.2) is 0 Å². The van der Waals surface area contributed by atoms with Crippen LogP contribution in [0.1, 0.15) is 11.1 Å². The number of fused-ring (bicyclic) bond motifs is 1. The van der Waals surface area contributed by atoms with Gasteiger partial charge in [-0.15, -0.1) is 0 Å². The summed E-state index contributed by atoms with van der Waals surface area (Å²) in [7, 11) is 0. The molecule has 1 N–H and O–H groups in total. The molecule has 0 radical (unpaired) electrons. The predicted octanol–water partition coefficient (Wildman–Crippen LogP) is 2.98. The van der Waals surface area contributed by atoms with Crippen molar-refractivity contribution in [2.45, 2.75) is 13.1 Å². The second-order valence-electron chi connectivity index (χ2n) is 7.01. The van der Waals surface area contributed by atoms with Crippen LogP contribution in [0, 0.1) is 5.41 Å². The molecule has 1 aliphatic heterocycles. The van der Waals surface area contributed by atoms with Gasteiger partial charge in [0.05, 0.1) is 0 Å². The van der Waals surface area contributed by atoms with Crippen molar-refractivity contribution in [2.75, 3.05) is 26.2 Å². The second kappa shape index (κ2) is 7.76. The summed E-state index contributed by atoms with van der Waals surface area (Å²) in [5, 5.41) is 8.54. The van der Waals surface area contributed by atoms with E-state index in [4.69, 9.17) is 5.41 Å². The topological polar surface area (TPSA) is 52.3 Å². The third kappa shape index (κ3) is 3.78. The Balaban J connectivity index is 1.37. The van der Waals surface area contributed by atoms with Crippen molar-refractivity contribution in [1.82, 2.24) is 14.4 Å². The molecule has 1 saturated heterocycles. The van der Waals surface area contributed by atoms with Crippen LogP contribution in [0.2, 0.25) is 0 Å². The van der Waals surface area contributed by atoms with Crippen LogP contribution in [-0.2, 0) is 17.9 Å². The smallest absolute Gasteiger partial charge is 0.242 e. The number of piperazine rings is 1. The Kier molecular flexibility index (Phi) is 5.03. The second-order valence-corrected chi connectivity index (χ2v) is 7.01. The summed E-state index contributed by atoms with van der Waals surface area (Å²) in [6.07, 6.45) is 3.31. The molecule has 2 heterocycles. The summed E-state index contributed by atoms with van der Waals surface area (Å²) in [5.74, 6) is 0.159. The Morgan fingerprint density at radius 2 is 1.74 bits per heavy atom. The van der Waals surface area contributed by atoms with Gasteiger partial charge in [0.1, 0.15) is 6.54 Å². The Hall–Kier alpha value is -2.92. The third-order valence-corrected chi connectivity index (χ3v) is 5.28. The molecule has 0 unspecified atom stereocenters. The van der Waals surface area contributed by atoms with Crippen molar-refractivity contribution in [1.29, 1.82) is 5.41 Å². The van der Waals surface area contributed by atoms with Gasteiger partial charge in [0.25, 0.3) is 0 Å². The highest BCUT2D eigenvalue weighted by Gasteiger charge is 2.21. The van der Waals surface area contributed by atoms with E-state index >= 15 is 0 Å². The Labute approximate surface area is 159 Å². The molecule has 0 atom stereocenters. The first-order chi connectivity index (χ1) is 13.2. The number of carbonyl (C=O) groups excluding carboxylic acids is 1. The maximum Gasteiger partial charge on any atom is 0.242 e. The monoisotopic (exact) mass is 360 g/mol. The van der Waals surface area contributed by atoms with Crippen molar-refractivity contribution in [3.63, 3.8) is 0 Å². The molecule has 1 aromatic heterocycles. The third-order valence-electron chi connectivity index (χ3n) is 5.28. The summed E-state index contributed by atoms with van der Waals surface area (Å²) in [6, 6.07) is 18.3. The lowest BCUT2D eigenvalue weighted by atomic mass is 10.1. The van der Waals surface area contributed by atoms with Gasteiger partial charge in [0.2, 0.25) is 5.91 Å². The van der Waals surface area contributed by atoms with Gasteiger partial charge in [-0.3, -0.25) is 9.69 Å². The molecule has 1 aliphatic rings. The van der Waals surface area contributed by atoms with Crippen LogP contribution in [0.3, 0.4) is 0 Å². The average molecular weight is 360 g/mol. The SMILES string of the molecule is N=Cc1cccc2c1ccn2CC(=O)N1CCN(Cc2ccccc2)CC1. The number of carbonyl (C=O) groups is 1. The van der Waals surface area contributed by atoms with E-state index in [1.54, 1.807) is 0 Å². The van der Waals surface area contributed by atoms with Crippen LogP contribution in [-0.4, -0.2) is 52.7 Å². The first-order valence-electron chi connectivity index (χ1n) is 9.37. The van der Waals surface area contributed by atoms with Crippen molar-refractivity contribution in [2.24, 2.45) is 0 Å². The molecule has 27 heavy (non-hydrogen) atoms. The zero-order valence-corrected chi connectivity index (χ0v) is 15.3. The molecule has 0 saturated carbocycles. The quantitative estimate of drug-likeness (QED) is 0.711. The lowest BCUT2D eigenvalue weighted by Crippen LogP contribution is -2.49. The van der Waals surface area contributed by atoms with Crippen LogP contribution in [0.25, 0.3) is 10.9 Å². The molecule has 1 amide bonds. The minimum Gasteiger partial charge on any atom is -0.339 e. The number of aromatic nitrogens is 1. The molecule has 5 nitrogen and oxygen atoms in total. The lowest BCUT2D eigenvalue weighted by Gasteiger charge is -2.35. The number of benzene rings is 2. The van der Waals surface area contributed by atoms with E-state index in [1.165, 1.54) is 11.8 Å². The highest BCUT2D eigenvalue weighted by Crippen LogP contribution is 2.19. The molecule has 0 spiro atoms. The molecule has 5 heteroatoms. The van der Waals surface area contributed by atoms with Crippen LogP contribution in [0.5, 0.6) is 0 Å². The Morgan fingerprint density at radius 1 is 0.963 bits per heavy atom. The van der Waals surface area contributed by atoms with Crippen molar-refractivity contribution in [3.8, 4) is 0 Å². The maximum atomic E-state index is 12.8. The number of hydrogen-bond acceptors (Lipinski definition) is 3. The van der Waals surface area contributed by atoms with E-state index in [-0.39, 0.29) is 5.91 Å². The van der Waals surface area contributed by atoms with Gasteiger partial charge in [0, 0.05) is 61.6 Å². The number of nitrogens with zero attached hydrogens (tertiary/aromatic N) is 3. The fourth-order valence-electron chi connectivity index (χ4n) is 3.75. The van der Waals surface area contributed by atoms with Crippen molar-refractivity contribution in [3.05, 3.63) is 71.9 Å². The summed E-state index contributed by atoms with van der Waals surface area (Å²) in [4.78, 5) is 17.1. The van der Waals surface area contributed by atoms with Crippen LogP contribution >= 0.6 is 0 Å². The zero-order valence-electron chi connectivity index (χ0n) is 15.3. The fourth-order valence-corrected chi connectivity index (χ4v) is 3.75. The molecule has 138 valence electrons. The van der Waals surface area contributed by atoms with E-state index in [0.717, 1.165) is 49.2 Å². The van der Waals surface area contributed by atoms with Gasteiger partial charge < -0.3 is 14.9 Å². The van der Waals surface area contributed by atoms with E-state index in [9.17, 15) is 4.79 Å². The highest BCUT2D eigenvalue weighted by atomic mass is 16.2. The summed E-state index contributed by atoms with van der Waals surface area (Å²) >= 11 is 0. The predicted molar refractivity (Wildman–Crippen MR) is 108 cm³/mol. The standard InChI is InChI=1S/C22H24N4O/c23-15-19-7-4-8-21-20(19)9-10-26(21)17-22(27)25-13-11-24(12-14-25)16-18-5-2-1-3-6-18/h1-10,15,23H,11-14,16-17H2. The molecule has 3 aromatic rings. The first kappa shape index (κ1) is 17.5. The normalized spacial score (nSPS) is 15.2. The largest absolute Gasteiger partial charge is 0.339 e. The van der Waals surface area contributed by atoms with E-state index < -0.39 is 0 Å². The minimum absolute atomic E-state index is 0.159. The molecular formula is C22H24N4O. The van der Waals surface area contributed by atoms with Gasteiger partial charge in [-0.25, -0.2) is 0 Å². The first-order valence-corrected chi connectivity index (χ1v) is 9.37. The van der Waals surface area contributed by atoms with Crippen molar-refractivity contribution < 1.29 is 4.79 Å². The lowest BCUT2D eigenvalue weighted by molar-refractivity contribution is -0.133. The molecule has 0 bridgehead atoms. The zero-order chi connectivity index (χ0) is 18.6. The number of hydrogen-bond donors (Lipinski definition) is 1. The van der Waals surface area contributed by atoms with E-state index in [2.05, 4.69) is 29.2 Å². The molecule has 4 rings (SSSR count). The number of nitrogens with one attached hydrogen (secondary N) is 1. The van der Waals surface area contributed by atoms with Crippen LogP contribution in [0.15, 0.2) is 60.8 Å². The van der Waals surface area contributed by atoms with Gasteiger partial charge in [-0.05, 0) is 17.7 Å². The Morgan fingerprint density at radius 3 is 2.48 bits per heavy atom. The van der Waals surface area contributed by atoms with E-state index in [0.29, 0.717) is 6.54 Å². The summed E-state index contributed by atoms with van der Waals surface area (Å²) in [5.41, 5.74) is 3.21. The average Bonchev–Trinajstić information content (AvgIpc) is 3.12. The maximum absolute atomic E-state index is 12.8. The summed E-state index contributed by atoms with van der Waals surface area (Å²) in [6.45, 7) is 4.66. The Bertz CT molecular complexity index is 939. The highest BCUT2D eigenvalue weighted by molar-refractivity contribution is 5.98. The number of rotatable bonds is 5. The van der Waals surface area contributed by atoms with Gasteiger partial charge in [-0.2, -0.15) is 0 Å². The molecule has 2 aromatic carbocycles. The minimum atomic E-state index is 0.159. The summed E-state index contributed by atoms with van der Waals surface area (Å²) < 4.78 is 1.99. The number of amides is 1. The van der Waals surface area contributed by atoms with Crippen LogP contribution in [0.4, 0.5) is 0 Å². The van der Waals surface area contributed by atoms with E-state index in [1.807, 2.05) is 46.0 Å². The molecule has 0 aliphatic carbocycles.